The highest BCUT2D eigenvalue weighted by Crippen LogP contribution is 2.34. The lowest BCUT2D eigenvalue weighted by atomic mass is 10.0. The van der Waals surface area contributed by atoms with Gasteiger partial charge in [0, 0.05) is 49.9 Å². The molecule has 1 amide bonds. The summed E-state index contributed by atoms with van der Waals surface area (Å²) in [5.41, 5.74) is 0.812. The highest BCUT2D eigenvalue weighted by Gasteiger charge is 2.29. The second-order valence-electron chi connectivity index (χ2n) is 8.36. The van der Waals surface area contributed by atoms with Crippen LogP contribution in [0.4, 0.5) is 4.79 Å². The smallest absolute Gasteiger partial charge is 0.410 e. The number of hydrogen-bond donors (Lipinski definition) is 1. The van der Waals surface area contributed by atoms with Gasteiger partial charge in [-0.25, -0.2) is 4.79 Å². The molecule has 2 aromatic rings. The molecule has 0 radical (unpaired) electrons. The summed E-state index contributed by atoms with van der Waals surface area (Å²) in [6.07, 6.45) is 3.09. The minimum absolute atomic E-state index is 0.154. The number of nitrogens with zero attached hydrogens (tertiary/aromatic N) is 3. The monoisotopic (exact) mass is 405 g/mol. The van der Waals surface area contributed by atoms with Crippen molar-refractivity contribution in [3.8, 4) is 5.75 Å². The Labute approximate surface area is 171 Å². The van der Waals surface area contributed by atoms with Crippen LogP contribution in [-0.2, 0) is 11.3 Å². The average molecular weight is 406 g/mol. The fourth-order valence-electron chi connectivity index (χ4n) is 3.55. The fraction of sp³-hybridized carbons (Fsp3) is 0.524. The number of halogens is 1. The molecule has 1 N–H and O–H groups in total. The molecule has 1 aliphatic rings. The maximum atomic E-state index is 12.3. The van der Waals surface area contributed by atoms with Gasteiger partial charge in [0.05, 0.1) is 5.02 Å². The van der Waals surface area contributed by atoms with E-state index in [9.17, 15) is 9.90 Å². The Balaban J connectivity index is 1.63. The molecule has 1 aliphatic heterocycles. The average Bonchev–Trinajstić information content (AvgIpc) is 2.64. The van der Waals surface area contributed by atoms with Crippen molar-refractivity contribution < 1.29 is 14.6 Å². The molecular weight excluding hydrogens is 378 g/mol. The van der Waals surface area contributed by atoms with Crippen LogP contribution in [0, 0.1) is 0 Å². The van der Waals surface area contributed by atoms with Crippen LogP contribution in [0.2, 0.25) is 5.02 Å². The normalized spacial score (nSPS) is 16.3. The van der Waals surface area contributed by atoms with E-state index < -0.39 is 5.60 Å². The van der Waals surface area contributed by atoms with Crippen molar-refractivity contribution in [1.29, 1.82) is 0 Å². The minimum Gasteiger partial charge on any atom is -0.505 e. The third-order valence-electron chi connectivity index (χ3n) is 5.07. The third-order valence-corrected chi connectivity index (χ3v) is 5.39. The predicted molar refractivity (Wildman–Crippen MR) is 111 cm³/mol. The predicted octanol–water partition coefficient (Wildman–Crippen LogP) is 4.43. The van der Waals surface area contributed by atoms with Gasteiger partial charge in [0.15, 0.2) is 0 Å². The first-order valence-electron chi connectivity index (χ1n) is 9.59. The molecule has 6 nitrogen and oxygen atoms in total. The van der Waals surface area contributed by atoms with Crippen molar-refractivity contribution in [1.82, 2.24) is 14.8 Å². The zero-order chi connectivity index (χ0) is 20.5. The van der Waals surface area contributed by atoms with Gasteiger partial charge in [-0.3, -0.25) is 9.88 Å². The maximum Gasteiger partial charge on any atom is 0.410 e. The van der Waals surface area contributed by atoms with Crippen molar-refractivity contribution in [3.05, 3.63) is 35.0 Å². The molecule has 3 rings (SSSR count). The van der Waals surface area contributed by atoms with E-state index in [1.54, 1.807) is 24.2 Å². The number of benzene rings is 1. The second kappa shape index (κ2) is 8.13. The molecule has 2 heterocycles. The van der Waals surface area contributed by atoms with Crippen molar-refractivity contribution in [2.45, 2.75) is 51.8 Å². The van der Waals surface area contributed by atoms with E-state index in [-0.39, 0.29) is 17.9 Å². The molecular formula is C21H28ClN3O3. The summed E-state index contributed by atoms with van der Waals surface area (Å²) >= 11 is 6.38. The van der Waals surface area contributed by atoms with E-state index in [1.807, 2.05) is 32.9 Å². The number of rotatable bonds is 3. The van der Waals surface area contributed by atoms with Gasteiger partial charge in [0.2, 0.25) is 0 Å². The van der Waals surface area contributed by atoms with Crippen LogP contribution in [0.3, 0.4) is 0 Å². The third kappa shape index (κ3) is 4.67. The van der Waals surface area contributed by atoms with Crippen molar-refractivity contribution in [2.24, 2.45) is 0 Å². The van der Waals surface area contributed by atoms with Crippen LogP contribution < -0.4 is 0 Å². The van der Waals surface area contributed by atoms with Gasteiger partial charge in [-0.1, -0.05) is 11.6 Å². The summed E-state index contributed by atoms with van der Waals surface area (Å²) in [5.74, 6) is 0.188. The Hall–Kier alpha value is -2.05. The van der Waals surface area contributed by atoms with Crippen LogP contribution in [-0.4, -0.2) is 57.8 Å². The number of phenolic OH excluding ortho intramolecular Hbond substituents is 1. The lowest BCUT2D eigenvalue weighted by molar-refractivity contribution is 0.0149. The molecule has 1 fully saturated rings. The van der Waals surface area contributed by atoms with Gasteiger partial charge < -0.3 is 14.7 Å². The van der Waals surface area contributed by atoms with Gasteiger partial charge in [0.25, 0.3) is 0 Å². The summed E-state index contributed by atoms with van der Waals surface area (Å²) in [6.45, 7) is 7.87. The molecule has 28 heavy (non-hydrogen) atoms. The van der Waals surface area contributed by atoms with Gasteiger partial charge in [-0.15, -0.1) is 0 Å². The largest absolute Gasteiger partial charge is 0.505 e. The van der Waals surface area contributed by atoms with Crippen molar-refractivity contribution in [3.63, 3.8) is 0 Å². The van der Waals surface area contributed by atoms with Crippen molar-refractivity contribution in [2.75, 3.05) is 20.1 Å². The number of carbonyl (C=O) groups excluding carboxylic acids is 1. The molecule has 7 heteroatoms. The van der Waals surface area contributed by atoms with Crippen LogP contribution in [0.1, 0.15) is 39.2 Å². The molecule has 0 saturated carbocycles. The minimum atomic E-state index is -0.493. The molecule has 0 aliphatic carbocycles. The van der Waals surface area contributed by atoms with Crippen LogP contribution in [0.25, 0.3) is 10.9 Å². The molecule has 1 aromatic carbocycles. The number of pyridine rings is 1. The Morgan fingerprint density at radius 2 is 2.07 bits per heavy atom. The van der Waals surface area contributed by atoms with Crippen LogP contribution in [0.5, 0.6) is 5.75 Å². The first-order valence-corrected chi connectivity index (χ1v) is 9.97. The summed E-state index contributed by atoms with van der Waals surface area (Å²) in [5, 5.41) is 12.0. The number of piperidine rings is 1. The van der Waals surface area contributed by atoms with Crippen LogP contribution >= 0.6 is 11.6 Å². The summed E-state index contributed by atoms with van der Waals surface area (Å²) < 4.78 is 5.46. The van der Waals surface area contributed by atoms with E-state index in [2.05, 4.69) is 9.88 Å². The lowest BCUT2D eigenvalue weighted by Gasteiger charge is -2.37. The first-order chi connectivity index (χ1) is 13.2. The molecule has 152 valence electrons. The molecule has 1 aromatic heterocycles. The van der Waals surface area contributed by atoms with E-state index in [0.29, 0.717) is 17.1 Å². The van der Waals surface area contributed by atoms with E-state index >= 15 is 0 Å². The van der Waals surface area contributed by atoms with Gasteiger partial charge in [-0.2, -0.15) is 0 Å². The SMILES string of the molecule is CN(C(=O)OC(C)(C)C)C1CCN(Cc2cc(Cl)c3cccnc3c2O)CC1. The number of fused-ring (bicyclic) bond motifs is 1. The first kappa shape index (κ1) is 20.7. The van der Waals surface area contributed by atoms with E-state index in [4.69, 9.17) is 16.3 Å². The Morgan fingerprint density at radius 3 is 2.71 bits per heavy atom. The zero-order valence-electron chi connectivity index (χ0n) is 16.9. The van der Waals surface area contributed by atoms with Gasteiger partial charge >= 0.3 is 6.09 Å². The van der Waals surface area contributed by atoms with Crippen LogP contribution in [0.15, 0.2) is 24.4 Å². The number of aromatic hydroxyl groups is 1. The molecule has 0 spiro atoms. The number of ether oxygens (including phenoxy) is 1. The lowest BCUT2D eigenvalue weighted by Crippen LogP contribution is -2.46. The van der Waals surface area contributed by atoms with Gasteiger partial charge in [0.1, 0.15) is 16.9 Å². The number of likely N-dealkylation sites (tertiary alicyclic amines) is 1. The Kier molecular flexibility index (Phi) is 6.01. The summed E-state index contributed by atoms with van der Waals surface area (Å²) in [4.78, 5) is 20.5. The maximum absolute atomic E-state index is 12.3. The Morgan fingerprint density at radius 1 is 1.39 bits per heavy atom. The van der Waals surface area contributed by atoms with Crippen molar-refractivity contribution >= 4 is 28.6 Å². The number of aromatic nitrogens is 1. The quantitative estimate of drug-likeness (QED) is 0.818. The van der Waals surface area contributed by atoms with E-state index in [1.165, 1.54) is 0 Å². The molecule has 1 saturated heterocycles. The Bertz CT molecular complexity index is 858. The number of hydrogen-bond acceptors (Lipinski definition) is 5. The van der Waals surface area contributed by atoms with Gasteiger partial charge in [-0.05, 0) is 51.8 Å². The number of carbonyl (C=O) groups is 1. The highest BCUT2D eigenvalue weighted by molar-refractivity contribution is 6.35. The summed E-state index contributed by atoms with van der Waals surface area (Å²) in [6, 6.07) is 5.63. The number of phenols is 1. The molecule has 0 unspecified atom stereocenters. The standard InChI is InChI=1S/C21H28ClN3O3/c1-21(2,3)28-20(27)24(4)15-7-10-25(11-8-15)13-14-12-17(22)16-6-5-9-23-18(16)19(14)26/h5-6,9,12,15,26H,7-8,10-11,13H2,1-4H3. The summed E-state index contributed by atoms with van der Waals surface area (Å²) in [7, 11) is 1.80. The fourth-order valence-corrected chi connectivity index (χ4v) is 3.83. The second-order valence-corrected chi connectivity index (χ2v) is 8.77. The highest BCUT2D eigenvalue weighted by atomic mass is 35.5. The molecule has 0 atom stereocenters. The zero-order valence-corrected chi connectivity index (χ0v) is 17.7. The number of amides is 1. The molecule has 0 bridgehead atoms. The topological polar surface area (TPSA) is 65.9 Å². The van der Waals surface area contributed by atoms with E-state index in [0.717, 1.165) is 36.9 Å².